The van der Waals surface area contributed by atoms with E-state index in [-0.39, 0.29) is 0 Å². The van der Waals surface area contributed by atoms with E-state index in [0.717, 1.165) is 34.3 Å². The molecule has 0 unspecified atom stereocenters. The largest absolute Gasteiger partial charge is 0.366 e. The molecule has 0 atom stereocenters. The second kappa shape index (κ2) is 4.85. The molecule has 0 saturated heterocycles. The first kappa shape index (κ1) is 12.8. The summed E-state index contributed by atoms with van der Waals surface area (Å²) in [5.74, 6) is 2.63. The number of nitrogens with zero attached hydrogens (tertiary/aromatic N) is 2. The van der Waals surface area contributed by atoms with Crippen LogP contribution in [0.2, 0.25) is 5.28 Å². The van der Waals surface area contributed by atoms with Gasteiger partial charge in [0.15, 0.2) is 0 Å². The molecule has 2 aromatic heterocycles. The minimum atomic E-state index is 0.356. The van der Waals surface area contributed by atoms with Crippen LogP contribution in [0, 0.1) is 11.8 Å². The smallest absolute Gasteiger partial charge is 0.225 e. The standard InChI is InChI=1S/C15H18ClN3S/c1-2-10-7-11-13(18-15(16)19-14(11)20-10)17-12(8-3-4-8)9-5-6-9/h7-9,12H,2-6H2,1H3,(H,17,18,19). The van der Waals surface area contributed by atoms with Crippen molar-refractivity contribution in [2.45, 2.75) is 45.1 Å². The molecule has 2 fully saturated rings. The second-order valence-electron chi connectivity index (χ2n) is 5.97. The first-order valence-electron chi connectivity index (χ1n) is 7.47. The van der Waals surface area contributed by atoms with Crippen LogP contribution >= 0.6 is 22.9 Å². The molecule has 2 aromatic rings. The molecule has 0 bridgehead atoms. The topological polar surface area (TPSA) is 37.8 Å². The van der Waals surface area contributed by atoms with Crippen molar-refractivity contribution in [3.05, 3.63) is 16.2 Å². The summed E-state index contributed by atoms with van der Waals surface area (Å²) in [7, 11) is 0. The van der Waals surface area contributed by atoms with Gasteiger partial charge in [-0.05, 0) is 61.6 Å². The maximum atomic E-state index is 6.09. The van der Waals surface area contributed by atoms with Crippen molar-refractivity contribution >= 4 is 39.0 Å². The zero-order valence-corrected chi connectivity index (χ0v) is 13.1. The minimum Gasteiger partial charge on any atom is -0.366 e. The molecule has 20 heavy (non-hydrogen) atoms. The Morgan fingerprint density at radius 2 is 2.00 bits per heavy atom. The number of hydrogen-bond donors (Lipinski definition) is 1. The Labute approximate surface area is 127 Å². The fraction of sp³-hybridized carbons (Fsp3) is 0.600. The number of rotatable bonds is 5. The molecular formula is C15H18ClN3S. The van der Waals surface area contributed by atoms with Crippen molar-refractivity contribution in [3.63, 3.8) is 0 Å². The van der Waals surface area contributed by atoms with Crippen molar-refractivity contribution in [2.24, 2.45) is 11.8 Å². The predicted octanol–water partition coefficient (Wildman–Crippen LogP) is 4.51. The number of anilines is 1. The monoisotopic (exact) mass is 307 g/mol. The van der Waals surface area contributed by atoms with Crippen molar-refractivity contribution in [3.8, 4) is 0 Å². The lowest BCUT2D eigenvalue weighted by Gasteiger charge is -2.18. The van der Waals surface area contributed by atoms with Gasteiger partial charge in [0.05, 0.1) is 5.39 Å². The first-order valence-corrected chi connectivity index (χ1v) is 8.66. The Hall–Kier alpha value is -0.870. The summed E-state index contributed by atoms with van der Waals surface area (Å²) in [4.78, 5) is 11.2. The van der Waals surface area contributed by atoms with E-state index < -0.39 is 0 Å². The van der Waals surface area contributed by atoms with Crippen LogP contribution in [0.5, 0.6) is 0 Å². The van der Waals surface area contributed by atoms with E-state index in [9.17, 15) is 0 Å². The molecule has 4 rings (SSSR count). The molecule has 2 heterocycles. The number of fused-ring (bicyclic) bond motifs is 1. The van der Waals surface area contributed by atoms with Gasteiger partial charge in [-0.15, -0.1) is 11.3 Å². The molecule has 2 aliphatic rings. The number of halogens is 1. The predicted molar refractivity (Wildman–Crippen MR) is 84.7 cm³/mol. The van der Waals surface area contributed by atoms with E-state index in [4.69, 9.17) is 11.6 Å². The van der Waals surface area contributed by atoms with Gasteiger partial charge >= 0.3 is 0 Å². The van der Waals surface area contributed by atoms with Crippen molar-refractivity contribution in [1.82, 2.24) is 9.97 Å². The fourth-order valence-electron chi connectivity index (χ4n) is 2.92. The van der Waals surface area contributed by atoms with E-state index in [0.29, 0.717) is 11.3 Å². The number of nitrogens with one attached hydrogen (secondary N) is 1. The Bertz CT molecular complexity index is 634. The van der Waals surface area contributed by atoms with Gasteiger partial charge in [-0.25, -0.2) is 9.97 Å². The van der Waals surface area contributed by atoms with Gasteiger partial charge in [-0.3, -0.25) is 0 Å². The first-order chi connectivity index (χ1) is 9.74. The van der Waals surface area contributed by atoms with E-state index in [1.54, 1.807) is 11.3 Å². The molecule has 2 aliphatic carbocycles. The van der Waals surface area contributed by atoms with Crippen LogP contribution in [0.25, 0.3) is 10.2 Å². The lowest BCUT2D eigenvalue weighted by molar-refractivity contribution is 0.566. The van der Waals surface area contributed by atoms with Gasteiger partial charge in [-0.2, -0.15) is 0 Å². The quantitative estimate of drug-likeness (QED) is 0.826. The molecular weight excluding hydrogens is 290 g/mol. The molecule has 106 valence electrons. The van der Waals surface area contributed by atoms with Gasteiger partial charge in [0.25, 0.3) is 0 Å². The molecule has 1 N–H and O–H groups in total. The van der Waals surface area contributed by atoms with E-state index in [1.165, 1.54) is 30.6 Å². The van der Waals surface area contributed by atoms with Gasteiger partial charge in [-0.1, -0.05) is 6.92 Å². The summed E-state index contributed by atoms with van der Waals surface area (Å²) in [5, 5.41) is 5.19. The average Bonchev–Trinajstić information content (AvgIpc) is 3.32. The molecule has 0 aliphatic heterocycles. The number of hydrogen-bond acceptors (Lipinski definition) is 4. The summed E-state index contributed by atoms with van der Waals surface area (Å²) in [6, 6.07) is 2.81. The SMILES string of the molecule is CCc1cc2c(NC(C3CC3)C3CC3)nc(Cl)nc2s1. The van der Waals surface area contributed by atoms with Gasteiger partial charge in [0.1, 0.15) is 10.6 Å². The summed E-state index contributed by atoms with van der Waals surface area (Å²) in [6.07, 6.45) is 6.48. The molecule has 0 amide bonds. The highest BCUT2D eigenvalue weighted by Crippen LogP contribution is 2.46. The maximum absolute atomic E-state index is 6.09. The molecule has 3 nitrogen and oxygen atoms in total. The number of aryl methyl sites for hydroxylation is 1. The molecule has 2 saturated carbocycles. The van der Waals surface area contributed by atoms with Crippen LogP contribution < -0.4 is 5.32 Å². The average molecular weight is 308 g/mol. The molecule has 0 spiro atoms. The van der Waals surface area contributed by atoms with E-state index in [1.807, 2.05) is 0 Å². The minimum absolute atomic E-state index is 0.356. The van der Waals surface area contributed by atoms with Gasteiger partial charge in [0.2, 0.25) is 5.28 Å². The summed E-state index contributed by atoms with van der Waals surface area (Å²) < 4.78 is 0. The van der Waals surface area contributed by atoms with Crippen LogP contribution in [-0.2, 0) is 6.42 Å². The summed E-state index contributed by atoms with van der Waals surface area (Å²) in [5.41, 5.74) is 0. The summed E-state index contributed by atoms with van der Waals surface area (Å²) >= 11 is 7.82. The van der Waals surface area contributed by atoms with Gasteiger partial charge < -0.3 is 5.32 Å². The van der Waals surface area contributed by atoms with Crippen molar-refractivity contribution < 1.29 is 0 Å². The Balaban J connectivity index is 1.71. The van der Waals surface area contributed by atoms with Crippen molar-refractivity contribution in [2.75, 3.05) is 5.32 Å². The van der Waals surface area contributed by atoms with E-state index >= 15 is 0 Å². The van der Waals surface area contributed by atoms with Crippen LogP contribution in [0.4, 0.5) is 5.82 Å². The maximum Gasteiger partial charge on any atom is 0.225 e. The molecule has 5 heteroatoms. The van der Waals surface area contributed by atoms with E-state index in [2.05, 4.69) is 28.3 Å². The highest BCUT2D eigenvalue weighted by atomic mass is 35.5. The molecule has 0 radical (unpaired) electrons. The van der Waals surface area contributed by atoms with Gasteiger partial charge in [0, 0.05) is 10.9 Å². The number of thiophene rings is 1. The third kappa shape index (κ3) is 2.40. The molecule has 0 aromatic carbocycles. The normalized spacial score (nSPS) is 18.9. The van der Waals surface area contributed by atoms with Crippen LogP contribution in [0.3, 0.4) is 0 Å². The Morgan fingerprint density at radius 3 is 2.60 bits per heavy atom. The second-order valence-corrected chi connectivity index (χ2v) is 7.42. The number of aromatic nitrogens is 2. The zero-order chi connectivity index (χ0) is 13.7. The van der Waals surface area contributed by atoms with Crippen LogP contribution in [0.1, 0.15) is 37.5 Å². The highest BCUT2D eigenvalue weighted by molar-refractivity contribution is 7.18. The lowest BCUT2D eigenvalue weighted by atomic mass is 10.1. The Kier molecular flexibility index (Phi) is 3.11. The Morgan fingerprint density at radius 1 is 1.30 bits per heavy atom. The zero-order valence-electron chi connectivity index (χ0n) is 11.5. The third-order valence-electron chi connectivity index (χ3n) is 4.33. The van der Waals surface area contributed by atoms with Crippen molar-refractivity contribution in [1.29, 1.82) is 0 Å². The lowest BCUT2D eigenvalue weighted by Crippen LogP contribution is -2.25. The third-order valence-corrected chi connectivity index (χ3v) is 5.67. The van der Waals surface area contributed by atoms with Crippen LogP contribution in [-0.4, -0.2) is 16.0 Å². The fourth-order valence-corrected chi connectivity index (χ4v) is 4.10. The highest BCUT2D eigenvalue weighted by Gasteiger charge is 2.41. The summed E-state index contributed by atoms with van der Waals surface area (Å²) in [6.45, 7) is 2.17. The van der Waals surface area contributed by atoms with Crippen LogP contribution in [0.15, 0.2) is 6.07 Å².